The zero-order valence-electron chi connectivity index (χ0n) is 9.87. The van der Waals surface area contributed by atoms with Crippen LogP contribution in [0.5, 0.6) is 0 Å². The molecule has 4 N–H and O–H groups in total. The molecule has 2 amide bonds. The molecule has 0 spiro atoms. The number of para-hydroxylation sites is 1. The number of rotatable bonds is 5. The van der Waals surface area contributed by atoms with Crippen molar-refractivity contribution in [1.29, 1.82) is 0 Å². The molecule has 0 heterocycles. The Labute approximate surface area is 100 Å². The molecule has 1 rings (SSSR count). The molecule has 1 aromatic rings. The molecule has 0 aliphatic carbocycles. The van der Waals surface area contributed by atoms with Crippen molar-refractivity contribution in [2.75, 3.05) is 11.9 Å². The second kappa shape index (κ2) is 6.85. The summed E-state index contributed by atoms with van der Waals surface area (Å²) in [5, 5.41) is 5.06. The second-order valence-corrected chi connectivity index (χ2v) is 3.82. The van der Waals surface area contributed by atoms with Crippen LogP contribution in [0.1, 0.15) is 19.8 Å². The van der Waals surface area contributed by atoms with Gasteiger partial charge in [0.05, 0.1) is 5.69 Å². The van der Waals surface area contributed by atoms with Crippen LogP contribution in [0.25, 0.3) is 0 Å². The van der Waals surface area contributed by atoms with Gasteiger partial charge in [0.15, 0.2) is 0 Å². The van der Waals surface area contributed by atoms with Crippen molar-refractivity contribution in [3.8, 4) is 0 Å². The largest absolute Gasteiger partial charge is 0.338 e. The quantitative estimate of drug-likeness (QED) is 0.736. The third kappa shape index (κ3) is 4.82. The number of carbonyl (C=O) groups excluding carboxylic acids is 1. The molecular weight excluding hydrogens is 221 g/mol. The van der Waals surface area contributed by atoms with Gasteiger partial charge >= 0.3 is 6.03 Å². The highest BCUT2D eigenvalue weighted by Gasteiger charge is 2.05. The second-order valence-electron chi connectivity index (χ2n) is 3.82. The van der Waals surface area contributed by atoms with Crippen LogP contribution in [-0.2, 0) is 0 Å². The summed E-state index contributed by atoms with van der Waals surface area (Å²) in [4.78, 5) is 11.4. The van der Waals surface area contributed by atoms with Crippen molar-refractivity contribution in [2.45, 2.75) is 25.8 Å². The van der Waals surface area contributed by atoms with Gasteiger partial charge in [0.25, 0.3) is 0 Å². The maximum atomic E-state index is 13.2. The van der Waals surface area contributed by atoms with Gasteiger partial charge in [-0.05, 0) is 25.0 Å². The van der Waals surface area contributed by atoms with Gasteiger partial charge in [-0.2, -0.15) is 0 Å². The molecule has 0 radical (unpaired) electrons. The number of hydrogen-bond donors (Lipinski definition) is 3. The van der Waals surface area contributed by atoms with Crippen LogP contribution in [-0.4, -0.2) is 18.6 Å². The van der Waals surface area contributed by atoms with Gasteiger partial charge in [-0.25, -0.2) is 9.18 Å². The molecule has 5 heteroatoms. The van der Waals surface area contributed by atoms with Gasteiger partial charge in [-0.3, -0.25) is 0 Å². The van der Waals surface area contributed by atoms with E-state index in [9.17, 15) is 9.18 Å². The molecule has 1 unspecified atom stereocenters. The van der Waals surface area contributed by atoms with Crippen molar-refractivity contribution < 1.29 is 9.18 Å². The molecule has 0 bridgehead atoms. The Morgan fingerprint density at radius 1 is 1.47 bits per heavy atom. The van der Waals surface area contributed by atoms with E-state index in [-0.39, 0.29) is 11.7 Å². The molecule has 0 aromatic heterocycles. The number of hydrogen-bond acceptors (Lipinski definition) is 2. The van der Waals surface area contributed by atoms with Crippen molar-refractivity contribution in [3.63, 3.8) is 0 Å². The lowest BCUT2D eigenvalue weighted by molar-refractivity contribution is 0.251. The van der Waals surface area contributed by atoms with Crippen LogP contribution in [0.3, 0.4) is 0 Å². The lowest BCUT2D eigenvalue weighted by atomic mass is 10.2. The Hall–Kier alpha value is -1.62. The first-order valence-electron chi connectivity index (χ1n) is 5.68. The predicted octanol–water partition coefficient (Wildman–Crippen LogP) is 2.07. The van der Waals surface area contributed by atoms with Gasteiger partial charge < -0.3 is 16.4 Å². The monoisotopic (exact) mass is 239 g/mol. The van der Waals surface area contributed by atoms with E-state index < -0.39 is 11.8 Å². The van der Waals surface area contributed by atoms with Gasteiger partial charge in [0.1, 0.15) is 5.82 Å². The summed E-state index contributed by atoms with van der Waals surface area (Å²) in [5.74, 6) is -0.451. The molecule has 1 atom stereocenters. The standard InChI is InChI=1S/C12H18FN3O/c1-2-9(14)7-8-15-12(17)16-11-6-4-3-5-10(11)13/h3-6,9H,2,7-8,14H2,1H3,(H2,15,16,17). The summed E-state index contributed by atoms with van der Waals surface area (Å²) in [6.07, 6.45) is 1.58. The normalized spacial score (nSPS) is 11.9. The maximum absolute atomic E-state index is 13.2. The Morgan fingerprint density at radius 3 is 2.82 bits per heavy atom. The predicted molar refractivity (Wildman–Crippen MR) is 66.3 cm³/mol. The van der Waals surface area contributed by atoms with E-state index in [2.05, 4.69) is 10.6 Å². The molecule has 4 nitrogen and oxygen atoms in total. The van der Waals surface area contributed by atoms with E-state index in [0.717, 1.165) is 6.42 Å². The molecule has 0 fully saturated rings. The molecule has 94 valence electrons. The number of anilines is 1. The van der Waals surface area contributed by atoms with Crippen LogP contribution in [0, 0.1) is 5.82 Å². The molecule has 0 aliphatic heterocycles. The number of nitrogens with one attached hydrogen (secondary N) is 2. The molecular formula is C12H18FN3O. The summed E-state index contributed by atoms with van der Waals surface area (Å²) >= 11 is 0. The fraction of sp³-hybridized carbons (Fsp3) is 0.417. The van der Waals surface area contributed by atoms with Gasteiger partial charge in [-0.1, -0.05) is 19.1 Å². The highest BCUT2D eigenvalue weighted by atomic mass is 19.1. The average molecular weight is 239 g/mol. The van der Waals surface area contributed by atoms with Crippen LogP contribution >= 0.6 is 0 Å². The van der Waals surface area contributed by atoms with E-state index in [0.29, 0.717) is 13.0 Å². The SMILES string of the molecule is CCC(N)CCNC(=O)Nc1ccccc1F. The van der Waals surface area contributed by atoms with E-state index in [1.807, 2.05) is 6.92 Å². The van der Waals surface area contributed by atoms with Crippen LogP contribution in [0.15, 0.2) is 24.3 Å². The van der Waals surface area contributed by atoms with Gasteiger partial charge in [0.2, 0.25) is 0 Å². The van der Waals surface area contributed by atoms with E-state index in [1.54, 1.807) is 12.1 Å². The van der Waals surface area contributed by atoms with Crippen molar-refractivity contribution in [3.05, 3.63) is 30.1 Å². The zero-order chi connectivity index (χ0) is 12.7. The van der Waals surface area contributed by atoms with Crippen LogP contribution in [0.4, 0.5) is 14.9 Å². The smallest absolute Gasteiger partial charge is 0.319 e. The van der Waals surface area contributed by atoms with Crippen molar-refractivity contribution in [1.82, 2.24) is 5.32 Å². The molecule has 0 aliphatic rings. The number of nitrogens with two attached hydrogens (primary N) is 1. The highest BCUT2D eigenvalue weighted by Crippen LogP contribution is 2.11. The molecule has 17 heavy (non-hydrogen) atoms. The maximum Gasteiger partial charge on any atom is 0.319 e. The van der Waals surface area contributed by atoms with E-state index in [4.69, 9.17) is 5.73 Å². The molecule has 0 saturated heterocycles. The third-order valence-corrected chi connectivity index (χ3v) is 2.45. The Morgan fingerprint density at radius 2 is 2.18 bits per heavy atom. The summed E-state index contributed by atoms with van der Waals surface area (Å²) in [6, 6.07) is 5.70. The first-order chi connectivity index (χ1) is 8.13. The minimum Gasteiger partial charge on any atom is -0.338 e. The summed E-state index contributed by atoms with van der Waals surface area (Å²) in [5.41, 5.74) is 5.88. The number of halogens is 1. The number of benzene rings is 1. The first-order valence-corrected chi connectivity index (χ1v) is 5.68. The first kappa shape index (κ1) is 13.4. The molecule has 0 saturated carbocycles. The third-order valence-electron chi connectivity index (χ3n) is 2.45. The highest BCUT2D eigenvalue weighted by molar-refractivity contribution is 5.89. The number of urea groups is 1. The Kier molecular flexibility index (Phi) is 5.42. The van der Waals surface area contributed by atoms with Crippen molar-refractivity contribution in [2.24, 2.45) is 5.73 Å². The minimum atomic E-state index is -0.451. The van der Waals surface area contributed by atoms with E-state index in [1.165, 1.54) is 12.1 Å². The van der Waals surface area contributed by atoms with Crippen molar-refractivity contribution >= 4 is 11.7 Å². The molecule has 1 aromatic carbocycles. The lowest BCUT2D eigenvalue weighted by Crippen LogP contribution is -2.33. The van der Waals surface area contributed by atoms with Crippen LogP contribution < -0.4 is 16.4 Å². The number of amides is 2. The number of carbonyl (C=O) groups is 1. The lowest BCUT2D eigenvalue weighted by Gasteiger charge is -2.10. The summed E-state index contributed by atoms with van der Waals surface area (Å²) < 4.78 is 13.2. The van der Waals surface area contributed by atoms with E-state index >= 15 is 0 Å². The van der Waals surface area contributed by atoms with Crippen LogP contribution in [0.2, 0.25) is 0 Å². The summed E-state index contributed by atoms with van der Waals surface area (Å²) in [7, 11) is 0. The topological polar surface area (TPSA) is 67.1 Å². The Bertz CT molecular complexity index is 371. The fourth-order valence-corrected chi connectivity index (χ4v) is 1.30. The summed E-state index contributed by atoms with van der Waals surface area (Å²) in [6.45, 7) is 2.47. The zero-order valence-corrected chi connectivity index (χ0v) is 9.87. The minimum absolute atomic E-state index is 0.0868. The Balaban J connectivity index is 2.33. The fourth-order valence-electron chi connectivity index (χ4n) is 1.30. The van der Waals surface area contributed by atoms with Gasteiger partial charge in [-0.15, -0.1) is 0 Å². The average Bonchev–Trinajstić information content (AvgIpc) is 2.32. The van der Waals surface area contributed by atoms with Gasteiger partial charge in [0, 0.05) is 12.6 Å².